The van der Waals surface area contributed by atoms with Crippen molar-refractivity contribution in [2.24, 2.45) is 0 Å². The van der Waals surface area contributed by atoms with Gasteiger partial charge in [-0.05, 0) is 25.3 Å². The maximum atomic E-state index is 10.9. The summed E-state index contributed by atoms with van der Waals surface area (Å²) >= 11 is 0. The highest BCUT2D eigenvalue weighted by Crippen LogP contribution is 2.21. The van der Waals surface area contributed by atoms with Gasteiger partial charge in [-0.25, -0.2) is 0 Å². The van der Waals surface area contributed by atoms with Crippen molar-refractivity contribution in [3.63, 3.8) is 0 Å². The highest BCUT2D eigenvalue weighted by Gasteiger charge is 2.14. The first kappa shape index (κ1) is 15.6. The normalized spacial score (nSPS) is 10.9. The Bertz CT molecular complexity index is 413. The lowest BCUT2D eigenvalue weighted by atomic mass is 10.0. The van der Waals surface area contributed by atoms with E-state index in [1.165, 1.54) is 0 Å². The van der Waals surface area contributed by atoms with E-state index in [4.69, 9.17) is 0 Å². The Morgan fingerprint density at radius 3 is 2.42 bits per heavy atom. The molecule has 106 valence electrons. The largest absolute Gasteiger partial charge is 0.310 e. The molecule has 0 aliphatic rings. The number of rotatable bonds is 8. The predicted molar refractivity (Wildman–Crippen MR) is 78.3 cm³/mol. The van der Waals surface area contributed by atoms with Gasteiger partial charge in [0.15, 0.2) is 0 Å². The van der Waals surface area contributed by atoms with Crippen LogP contribution in [0.4, 0.5) is 5.69 Å². The Morgan fingerprint density at radius 2 is 1.89 bits per heavy atom. The number of benzene rings is 1. The van der Waals surface area contributed by atoms with Crippen molar-refractivity contribution in [3.8, 4) is 0 Å². The van der Waals surface area contributed by atoms with Crippen LogP contribution < -0.4 is 5.32 Å². The van der Waals surface area contributed by atoms with Gasteiger partial charge in [-0.3, -0.25) is 10.1 Å². The van der Waals surface area contributed by atoms with Gasteiger partial charge in [0.05, 0.1) is 4.92 Å². The van der Waals surface area contributed by atoms with Crippen LogP contribution in [0.2, 0.25) is 0 Å². The molecule has 1 N–H and O–H groups in total. The standard InChI is InChI=1S/C15H24N2O2/c1-4-7-14(8-5-2)16-11-13-9-6-10-15(12(13)3)17(18)19/h6,9-10,14,16H,4-5,7-8,11H2,1-3H3. The molecular formula is C15H24N2O2. The molecule has 4 heteroatoms. The summed E-state index contributed by atoms with van der Waals surface area (Å²) in [6.45, 7) is 6.90. The van der Waals surface area contributed by atoms with Gasteiger partial charge in [-0.1, -0.05) is 38.8 Å². The number of nitrogens with zero attached hydrogens (tertiary/aromatic N) is 1. The molecule has 0 bridgehead atoms. The van der Waals surface area contributed by atoms with E-state index >= 15 is 0 Å². The van der Waals surface area contributed by atoms with Crippen molar-refractivity contribution in [2.45, 2.75) is 59.0 Å². The van der Waals surface area contributed by atoms with E-state index in [9.17, 15) is 10.1 Å². The van der Waals surface area contributed by atoms with Gasteiger partial charge in [0.1, 0.15) is 0 Å². The van der Waals surface area contributed by atoms with E-state index < -0.39 is 0 Å². The van der Waals surface area contributed by atoms with Crippen LogP contribution in [0.25, 0.3) is 0 Å². The number of nitro benzene ring substituents is 1. The minimum atomic E-state index is -0.311. The molecule has 1 aromatic rings. The van der Waals surface area contributed by atoms with Crippen LogP contribution in [0.5, 0.6) is 0 Å². The first-order valence-corrected chi connectivity index (χ1v) is 7.06. The lowest BCUT2D eigenvalue weighted by molar-refractivity contribution is -0.385. The van der Waals surface area contributed by atoms with Crippen molar-refractivity contribution in [3.05, 3.63) is 39.4 Å². The van der Waals surface area contributed by atoms with Gasteiger partial charge in [0, 0.05) is 24.2 Å². The third-order valence-electron chi connectivity index (χ3n) is 3.47. The number of hydrogen-bond donors (Lipinski definition) is 1. The van der Waals surface area contributed by atoms with Crippen LogP contribution in [-0.4, -0.2) is 11.0 Å². The first-order valence-electron chi connectivity index (χ1n) is 7.06. The average molecular weight is 264 g/mol. The van der Waals surface area contributed by atoms with Gasteiger partial charge in [0.25, 0.3) is 5.69 Å². The molecule has 0 heterocycles. The summed E-state index contributed by atoms with van der Waals surface area (Å²) in [5, 5.41) is 14.4. The van der Waals surface area contributed by atoms with E-state index in [1.807, 2.05) is 13.0 Å². The van der Waals surface area contributed by atoms with Crippen molar-refractivity contribution >= 4 is 5.69 Å². The monoisotopic (exact) mass is 264 g/mol. The molecule has 0 aliphatic heterocycles. The van der Waals surface area contributed by atoms with Crippen molar-refractivity contribution < 1.29 is 4.92 Å². The zero-order valence-electron chi connectivity index (χ0n) is 12.1. The summed E-state index contributed by atoms with van der Waals surface area (Å²) in [6.07, 6.45) is 4.63. The van der Waals surface area contributed by atoms with Crippen LogP contribution in [0.15, 0.2) is 18.2 Å². The maximum absolute atomic E-state index is 10.9. The highest BCUT2D eigenvalue weighted by molar-refractivity contribution is 5.44. The molecular weight excluding hydrogens is 240 g/mol. The molecule has 0 saturated heterocycles. The van der Waals surface area contributed by atoms with Gasteiger partial charge in [-0.2, -0.15) is 0 Å². The van der Waals surface area contributed by atoms with E-state index in [1.54, 1.807) is 12.1 Å². The highest BCUT2D eigenvalue weighted by atomic mass is 16.6. The van der Waals surface area contributed by atoms with Crippen LogP contribution in [0.1, 0.15) is 50.7 Å². The predicted octanol–water partition coefficient (Wildman–Crippen LogP) is 3.96. The second kappa shape index (κ2) is 7.89. The van der Waals surface area contributed by atoms with Crippen LogP contribution in [0.3, 0.4) is 0 Å². The fourth-order valence-corrected chi connectivity index (χ4v) is 2.36. The van der Waals surface area contributed by atoms with Crippen molar-refractivity contribution in [2.75, 3.05) is 0 Å². The molecule has 0 unspecified atom stereocenters. The van der Waals surface area contributed by atoms with E-state index in [2.05, 4.69) is 19.2 Å². The Labute approximate surface area is 115 Å². The average Bonchev–Trinajstić information content (AvgIpc) is 2.37. The van der Waals surface area contributed by atoms with Gasteiger partial charge < -0.3 is 5.32 Å². The fourth-order valence-electron chi connectivity index (χ4n) is 2.36. The quantitative estimate of drug-likeness (QED) is 0.571. The van der Waals surface area contributed by atoms with Gasteiger partial charge in [-0.15, -0.1) is 0 Å². The Kier molecular flexibility index (Phi) is 6.50. The van der Waals surface area contributed by atoms with E-state index in [-0.39, 0.29) is 10.6 Å². The number of hydrogen-bond acceptors (Lipinski definition) is 3. The molecule has 0 spiro atoms. The van der Waals surface area contributed by atoms with E-state index in [0.717, 1.165) is 36.8 Å². The van der Waals surface area contributed by atoms with Crippen LogP contribution >= 0.6 is 0 Å². The zero-order chi connectivity index (χ0) is 14.3. The third kappa shape index (κ3) is 4.63. The second-order valence-electron chi connectivity index (χ2n) is 4.97. The maximum Gasteiger partial charge on any atom is 0.272 e. The molecule has 0 fully saturated rings. The van der Waals surface area contributed by atoms with E-state index in [0.29, 0.717) is 12.6 Å². The summed E-state index contributed by atoms with van der Waals surface area (Å²) in [4.78, 5) is 10.6. The zero-order valence-corrected chi connectivity index (χ0v) is 12.1. The Morgan fingerprint density at radius 1 is 1.26 bits per heavy atom. The fraction of sp³-hybridized carbons (Fsp3) is 0.600. The molecule has 0 aliphatic carbocycles. The van der Waals surface area contributed by atoms with Crippen LogP contribution in [-0.2, 0) is 6.54 Å². The summed E-state index contributed by atoms with van der Waals surface area (Å²) in [7, 11) is 0. The minimum Gasteiger partial charge on any atom is -0.310 e. The molecule has 1 aromatic carbocycles. The van der Waals surface area contributed by atoms with Crippen molar-refractivity contribution in [1.82, 2.24) is 5.32 Å². The molecule has 0 aromatic heterocycles. The third-order valence-corrected chi connectivity index (χ3v) is 3.47. The molecule has 4 nitrogen and oxygen atoms in total. The summed E-state index contributed by atoms with van der Waals surface area (Å²) in [5.74, 6) is 0. The summed E-state index contributed by atoms with van der Waals surface area (Å²) in [6, 6.07) is 5.80. The molecule has 0 saturated carbocycles. The molecule has 0 amide bonds. The molecule has 0 radical (unpaired) electrons. The minimum absolute atomic E-state index is 0.210. The molecule has 19 heavy (non-hydrogen) atoms. The first-order chi connectivity index (χ1) is 9.10. The SMILES string of the molecule is CCCC(CCC)NCc1cccc([N+](=O)[O-])c1C. The Balaban J connectivity index is 2.71. The summed E-state index contributed by atoms with van der Waals surface area (Å²) in [5.41, 5.74) is 2.00. The van der Waals surface area contributed by atoms with Gasteiger partial charge in [0.2, 0.25) is 0 Å². The summed E-state index contributed by atoms with van der Waals surface area (Å²) < 4.78 is 0. The lowest BCUT2D eigenvalue weighted by Crippen LogP contribution is -2.28. The topological polar surface area (TPSA) is 55.2 Å². The van der Waals surface area contributed by atoms with Crippen LogP contribution in [0, 0.1) is 17.0 Å². The molecule has 0 atom stereocenters. The number of nitrogens with one attached hydrogen (secondary N) is 1. The van der Waals surface area contributed by atoms with Gasteiger partial charge >= 0.3 is 0 Å². The second-order valence-corrected chi connectivity index (χ2v) is 4.97. The number of nitro groups is 1. The molecule has 1 rings (SSSR count). The van der Waals surface area contributed by atoms with Crippen molar-refractivity contribution in [1.29, 1.82) is 0 Å². The Hall–Kier alpha value is -1.42. The smallest absolute Gasteiger partial charge is 0.272 e. The lowest BCUT2D eigenvalue weighted by Gasteiger charge is -2.18.